The zero-order valence-electron chi connectivity index (χ0n) is 14.2. The van der Waals surface area contributed by atoms with Crippen molar-refractivity contribution >= 4 is 16.8 Å². The predicted molar refractivity (Wildman–Crippen MR) is 95.7 cm³/mol. The Morgan fingerprint density at radius 3 is 2.46 bits per heavy atom. The van der Waals surface area contributed by atoms with Crippen LogP contribution in [0.1, 0.15) is 22.9 Å². The van der Waals surface area contributed by atoms with Gasteiger partial charge in [0.15, 0.2) is 6.10 Å². The van der Waals surface area contributed by atoms with Crippen LogP contribution in [0.5, 0.6) is 0 Å². The first-order chi connectivity index (χ1) is 11.6. The van der Waals surface area contributed by atoms with Crippen molar-refractivity contribution in [3.63, 3.8) is 0 Å². The van der Waals surface area contributed by atoms with Crippen LogP contribution in [0.25, 0.3) is 10.9 Å². The normalized spacial score (nSPS) is 12.3. The number of aromatic nitrogens is 1. The molecule has 0 aliphatic rings. The van der Waals surface area contributed by atoms with Gasteiger partial charge in [-0.2, -0.15) is 0 Å². The molecule has 1 heterocycles. The molecule has 4 heteroatoms. The number of nitrogens with zero attached hydrogens (tertiary/aromatic N) is 1. The number of nitrogens with one attached hydrogen (secondary N) is 1. The number of carbonyl (C=O) groups excluding carboxylic acids is 1. The Kier molecular flexibility index (Phi) is 4.67. The fourth-order valence-corrected chi connectivity index (χ4v) is 3.02. The SMILES string of the molecule is CO[C@@H](C(=O)N(C)Cc1[nH]c2ccccc2c1C)c1ccccc1. The minimum atomic E-state index is -0.583. The summed E-state index contributed by atoms with van der Waals surface area (Å²) >= 11 is 0. The van der Waals surface area contributed by atoms with E-state index in [1.807, 2.05) is 49.5 Å². The van der Waals surface area contributed by atoms with Crippen LogP contribution in [0.3, 0.4) is 0 Å². The van der Waals surface area contributed by atoms with Gasteiger partial charge in [-0.15, -0.1) is 0 Å². The summed E-state index contributed by atoms with van der Waals surface area (Å²) in [7, 11) is 3.37. The molecule has 4 nitrogen and oxygen atoms in total. The Bertz CT molecular complexity index is 839. The summed E-state index contributed by atoms with van der Waals surface area (Å²) in [6.07, 6.45) is -0.583. The third-order valence-electron chi connectivity index (χ3n) is 4.40. The van der Waals surface area contributed by atoms with Crippen molar-refractivity contribution in [3.8, 4) is 0 Å². The number of fused-ring (bicyclic) bond motifs is 1. The van der Waals surface area contributed by atoms with E-state index in [1.165, 1.54) is 10.9 Å². The van der Waals surface area contributed by atoms with Gasteiger partial charge >= 0.3 is 0 Å². The molecule has 0 saturated carbocycles. The van der Waals surface area contributed by atoms with Gasteiger partial charge in [0.2, 0.25) is 0 Å². The molecule has 3 rings (SSSR count). The number of carbonyl (C=O) groups is 1. The van der Waals surface area contributed by atoms with Crippen LogP contribution in [0.4, 0.5) is 0 Å². The van der Waals surface area contributed by atoms with Crippen LogP contribution in [-0.2, 0) is 16.1 Å². The molecule has 3 aromatic rings. The van der Waals surface area contributed by atoms with Crippen LogP contribution < -0.4 is 0 Å². The highest BCUT2D eigenvalue weighted by atomic mass is 16.5. The first-order valence-corrected chi connectivity index (χ1v) is 8.00. The van der Waals surface area contributed by atoms with E-state index in [0.717, 1.165) is 16.8 Å². The van der Waals surface area contributed by atoms with Crippen LogP contribution >= 0.6 is 0 Å². The lowest BCUT2D eigenvalue weighted by molar-refractivity contribution is -0.141. The maximum atomic E-state index is 12.8. The number of aryl methyl sites for hydroxylation is 1. The Balaban J connectivity index is 1.81. The number of ether oxygens (including phenoxy) is 1. The number of aromatic amines is 1. The van der Waals surface area contributed by atoms with Crippen molar-refractivity contribution in [3.05, 3.63) is 71.4 Å². The summed E-state index contributed by atoms with van der Waals surface area (Å²) in [5.74, 6) is -0.0539. The van der Waals surface area contributed by atoms with E-state index < -0.39 is 6.10 Å². The van der Waals surface area contributed by atoms with E-state index >= 15 is 0 Å². The fourth-order valence-electron chi connectivity index (χ4n) is 3.02. The van der Waals surface area contributed by atoms with E-state index in [4.69, 9.17) is 4.74 Å². The van der Waals surface area contributed by atoms with Gasteiger partial charge in [0.05, 0.1) is 6.54 Å². The molecule has 1 N–H and O–H groups in total. The first kappa shape index (κ1) is 16.3. The number of benzene rings is 2. The molecule has 1 atom stereocenters. The Hall–Kier alpha value is -2.59. The second-order valence-corrected chi connectivity index (χ2v) is 5.99. The number of para-hydroxylation sites is 1. The average Bonchev–Trinajstić information content (AvgIpc) is 2.92. The van der Waals surface area contributed by atoms with E-state index in [-0.39, 0.29) is 5.91 Å². The predicted octanol–water partition coefficient (Wildman–Crippen LogP) is 3.82. The van der Waals surface area contributed by atoms with Crippen molar-refractivity contribution < 1.29 is 9.53 Å². The van der Waals surface area contributed by atoms with Crippen LogP contribution in [0.2, 0.25) is 0 Å². The highest BCUT2D eigenvalue weighted by Gasteiger charge is 2.24. The van der Waals surface area contributed by atoms with Crippen molar-refractivity contribution in [2.24, 2.45) is 0 Å². The maximum Gasteiger partial charge on any atom is 0.256 e. The summed E-state index contributed by atoms with van der Waals surface area (Å²) in [5, 5.41) is 1.19. The minimum Gasteiger partial charge on any atom is -0.367 e. The van der Waals surface area contributed by atoms with Gasteiger partial charge < -0.3 is 14.6 Å². The van der Waals surface area contributed by atoms with E-state index in [0.29, 0.717) is 6.54 Å². The average molecular weight is 322 g/mol. The summed E-state index contributed by atoms with van der Waals surface area (Å²) < 4.78 is 5.44. The molecule has 2 aromatic carbocycles. The molecular formula is C20H22N2O2. The molecule has 0 saturated heterocycles. The number of rotatable bonds is 5. The van der Waals surface area contributed by atoms with Gasteiger partial charge in [0, 0.05) is 30.8 Å². The highest BCUT2D eigenvalue weighted by Crippen LogP contribution is 2.24. The van der Waals surface area contributed by atoms with Gasteiger partial charge in [-0.3, -0.25) is 4.79 Å². The summed E-state index contributed by atoms with van der Waals surface area (Å²) in [5.41, 5.74) is 4.19. The molecule has 0 aliphatic carbocycles. The van der Waals surface area contributed by atoms with Gasteiger partial charge in [0.1, 0.15) is 0 Å². The third kappa shape index (κ3) is 3.05. The molecule has 0 fully saturated rings. The van der Waals surface area contributed by atoms with E-state index in [9.17, 15) is 4.79 Å². The lowest BCUT2D eigenvalue weighted by atomic mass is 10.1. The molecule has 0 bridgehead atoms. The highest BCUT2D eigenvalue weighted by molar-refractivity contribution is 5.85. The summed E-state index contributed by atoms with van der Waals surface area (Å²) in [6.45, 7) is 2.60. The van der Waals surface area contributed by atoms with Crippen LogP contribution in [0.15, 0.2) is 54.6 Å². The second-order valence-electron chi connectivity index (χ2n) is 5.99. The largest absolute Gasteiger partial charge is 0.367 e. The molecule has 0 aliphatic heterocycles. The Morgan fingerprint density at radius 2 is 1.79 bits per heavy atom. The number of hydrogen-bond donors (Lipinski definition) is 1. The fraction of sp³-hybridized carbons (Fsp3) is 0.250. The summed E-state index contributed by atoms with van der Waals surface area (Å²) in [6, 6.07) is 17.8. The molecule has 24 heavy (non-hydrogen) atoms. The molecule has 1 amide bonds. The number of hydrogen-bond acceptors (Lipinski definition) is 2. The molecule has 124 valence electrons. The molecule has 1 aromatic heterocycles. The topological polar surface area (TPSA) is 45.3 Å². The third-order valence-corrected chi connectivity index (χ3v) is 4.40. The molecule has 0 radical (unpaired) electrons. The maximum absolute atomic E-state index is 12.8. The van der Waals surface area contributed by atoms with Crippen molar-refractivity contribution in [1.29, 1.82) is 0 Å². The smallest absolute Gasteiger partial charge is 0.256 e. The molecular weight excluding hydrogens is 300 g/mol. The molecule has 0 spiro atoms. The van der Waals surface area contributed by atoms with Gasteiger partial charge in [-0.1, -0.05) is 48.5 Å². The minimum absolute atomic E-state index is 0.0539. The standard InChI is InChI=1S/C20H22N2O2/c1-14-16-11-7-8-12-17(16)21-18(14)13-22(2)20(23)19(24-3)15-9-5-4-6-10-15/h4-12,19,21H,13H2,1-3H3/t19-/m1/s1. The molecule has 0 unspecified atom stereocenters. The lowest BCUT2D eigenvalue weighted by Crippen LogP contribution is -2.32. The van der Waals surface area contributed by atoms with Crippen LogP contribution in [-0.4, -0.2) is 29.9 Å². The van der Waals surface area contributed by atoms with Gasteiger partial charge in [0.25, 0.3) is 5.91 Å². The van der Waals surface area contributed by atoms with E-state index in [1.54, 1.807) is 12.0 Å². The van der Waals surface area contributed by atoms with Crippen molar-refractivity contribution in [1.82, 2.24) is 9.88 Å². The zero-order valence-corrected chi connectivity index (χ0v) is 14.2. The summed E-state index contributed by atoms with van der Waals surface area (Å²) in [4.78, 5) is 17.9. The first-order valence-electron chi connectivity index (χ1n) is 8.00. The Morgan fingerprint density at radius 1 is 1.12 bits per heavy atom. The van der Waals surface area contributed by atoms with E-state index in [2.05, 4.69) is 24.0 Å². The number of methoxy groups -OCH3 is 1. The number of H-pyrrole nitrogens is 1. The van der Waals surface area contributed by atoms with Gasteiger partial charge in [-0.05, 0) is 24.1 Å². The number of likely N-dealkylation sites (N-methyl/N-ethyl adjacent to an activating group) is 1. The van der Waals surface area contributed by atoms with Gasteiger partial charge in [-0.25, -0.2) is 0 Å². The monoisotopic (exact) mass is 322 g/mol. The lowest BCUT2D eigenvalue weighted by Gasteiger charge is -2.23. The van der Waals surface area contributed by atoms with Crippen LogP contribution in [0, 0.1) is 6.92 Å². The zero-order chi connectivity index (χ0) is 17.1. The quantitative estimate of drug-likeness (QED) is 0.776. The number of amides is 1. The Labute approximate surface area is 142 Å². The van der Waals surface area contributed by atoms with Crippen molar-refractivity contribution in [2.75, 3.05) is 14.2 Å². The van der Waals surface area contributed by atoms with Crippen molar-refractivity contribution in [2.45, 2.75) is 19.6 Å². The second kappa shape index (κ2) is 6.89.